The number of benzene rings is 1. The van der Waals surface area contributed by atoms with Gasteiger partial charge in [-0.2, -0.15) is 0 Å². The van der Waals surface area contributed by atoms with E-state index in [0.29, 0.717) is 17.0 Å². The molecule has 0 radical (unpaired) electrons. The lowest BCUT2D eigenvalue weighted by Gasteiger charge is -2.27. The van der Waals surface area contributed by atoms with E-state index in [1.165, 1.54) is 4.57 Å². The molecule has 2 heterocycles. The molecular formula is C21H20F2N2O3. The molecule has 0 fully saturated rings. The van der Waals surface area contributed by atoms with Gasteiger partial charge in [-0.25, -0.2) is 13.6 Å². The quantitative estimate of drug-likeness (QED) is 0.708. The van der Waals surface area contributed by atoms with Crippen LogP contribution < -0.4 is 5.43 Å². The molecule has 0 spiro atoms. The predicted molar refractivity (Wildman–Crippen MR) is 103 cm³/mol. The molecule has 0 aliphatic heterocycles. The number of fused-ring (bicyclic) bond motifs is 1. The Morgan fingerprint density at radius 2 is 1.68 bits per heavy atom. The molecule has 5 nitrogen and oxygen atoms in total. The third kappa shape index (κ3) is 3.17. The molecule has 146 valence electrons. The Balaban J connectivity index is 2.54. The van der Waals surface area contributed by atoms with Gasteiger partial charge in [0.1, 0.15) is 11.4 Å². The summed E-state index contributed by atoms with van der Waals surface area (Å²) < 4.78 is 31.9. The van der Waals surface area contributed by atoms with Crippen LogP contribution in [0.2, 0.25) is 0 Å². The molecule has 0 aliphatic rings. The highest BCUT2D eigenvalue weighted by atomic mass is 19.1. The van der Waals surface area contributed by atoms with Crippen LogP contribution in [0.3, 0.4) is 0 Å². The van der Waals surface area contributed by atoms with Crippen molar-refractivity contribution in [1.82, 2.24) is 9.55 Å². The van der Waals surface area contributed by atoms with Gasteiger partial charge in [0.15, 0.2) is 5.82 Å². The van der Waals surface area contributed by atoms with Crippen molar-refractivity contribution in [3.05, 3.63) is 63.2 Å². The predicted octanol–water partition coefficient (Wildman–Crippen LogP) is 4.41. The second-order valence-corrected chi connectivity index (χ2v) is 7.80. The van der Waals surface area contributed by atoms with Crippen molar-refractivity contribution >= 4 is 16.9 Å². The minimum absolute atomic E-state index is 0.133. The molecule has 0 amide bonds. The van der Waals surface area contributed by atoms with Crippen LogP contribution in [-0.2, 0) is 5.54 Å². The molecule has 3 aromatic rings. The first-order chi connectivity index (χ1) is 12.9. The van der Waals surface area contributed by atoms with E-state index in [4.69, 9.17) is 0 Å². The lowest BCUT2D eigenvalue weighted by Crippen LogP contribution is -2.28. The van der Waals surface area contributed by atoms with E-state index in [0.717, 1.165) is 12.3 Å². The molecule has 1 aromatic carbocycles. The van der Waals surface area contributed by atoms with Gasteiger partial charge in [0.2, 0.25) is 5.43 Å². The van der Waals surface area contributed by atoms with Gasteiger partial charge in [-0.05, 0) is 58.4 Å². The fourth-order valence-electron chi connectivity index (χ4n) is 3.34. The van der Waals surface area contributed by atoms with Gasteiger partial charge in [-0.1, -0.05) is 0 Å². The number of halogens is 2. The van der Waals surface area contributed by atoms with Crippen LogP contribution in [0.1, 0.15) is 42.5 Å². The number of pyridine rings is 2. The van der Waals surface area contributed by atoms with Crippen molar-refractivity contribution < 1.29 is 18.7 Å². The second kappa shape index (κ2) is 6.51. The van der Waals surface area contributed by atoms with Crippen LogP contribution in [0, 0.1) is 25.5 Å². The van der Waals surface area contributed by atoms with E-state index in [9.17, 15) is 19.1 Å². The SMILES string of the molecule is Cc1cc(-c2c(F)cc3c(=O)c(C(=O)O)cn(C(C)(C)C)c3c2F)cc(C)n1. The largest absolute Gasteiger partial charge is 0.477 e. The number of aromatic carboxylic acids is 1. The molecule has 3 rings (SSSR count). The maximum absolute atomic E-state index is 15.6. The van der Waals surface area contributed by atoms with Crippen molar-refractivity contribution in [2.45, 2.75) is 40.2 Å². The summed E-state index contributed by atoms with van der Waals surface area (Å²) in [5, 5.41) is 9.03. The molecule has 1 N–H and O–H groups in total. The van der Waals surface area contributed by atoms with E-state index >= 15 is 4.39 Å². The number of carbonyl (C=O) groups is 1. The van der Waals surface area contributed by atoms with Crippen molar-refractivity contribution in [2.75, 3.05) is 0 Å². The zero-order valence-electron chi connectivity index (χ0n) is 16.2. The van der Waals surface area contributed by atoms with Gasteiger partial charge < -0.3 is 9.67 Å². The maximum atomic E-state index is 15.6. The van der Waals surface area contributed by atoms with Gasteiger partial charge in [-0.3, -0.25) is 9.78 Å². The fourth-order valence-corrected chi connectivity index (χ4v) is 3.34. The van der Waals surface area contributed by atoms with E-state index in [1.807, 2.05) is 0 Å². The minimum Gasteiger partial charge on any atom is -0.477 e. The van der Waals surface area contributed by atoms with Crippen LogP contribution >= 0.6 is 0 Å². The number of hydrogen-bond acceptors (Lipinski definition) is 3. The van der Waals surface area contributed by atoms with E-state index in [2.05, 4.69) is 4.98 Å². The third-order valence-electron chi connectivity index (χ3n) is 4.50. The molecule has 0 atom stereocenters. The van der Waals surface area contributed by atoms with Gasteiger partial charge in [0.05, 0.1) is 16.5 Å². The lowest BCUT2D eigenvalue weighted by molar-refractivity contribution is 0.0694. The maximum Gasteiger partial charge on any atom is 0.341 e. The van der Waals surface area contributed by atoms with Crippen LogP contribution in [0.25, 0.3) is 22.0 Å². The molecule has 2 aromatic heterocycles. The van der Waals surface area contributed by atoms with Crippen molar-refractivity contribution in [2.24, 2.45) is 0 Å². The van der Waals surface area contributed by atoms with Gasteiger partial charge >= 0.3 is 5.97 Å². The minimum atomic E-state index is -1.45. The van der Waals surface area contributed by atoms with Crippen LogP contribution in [0.5, 0.6) is 0 Å². The summed E-state index contributed by atoms with van der Waals surface area (Å²) in [6.45, 7) is 8.67. The number of carboxylic acid groups (broad SMARTS) is 1. The Bertz CT molecular complexity index is 1170. The smallest absolute Gasteiger partial charge is 0.341 e. The van der Waals surface area contributed by atoms with Gasteiger partial charge in [0.25, 0.3) is 0 Å². The molecule has 7 heteroatoms. The molecular weight excluding hydrogens is 366 g/mol. The standard InChI is InChI=1S/C21H20F2N2O3/c1-10-6-12(7-11(2)24-10)16-15(22)8-13-18(17(16)23)25(21(3,4)5)9-14(19(13)26)20(27)28/h6-9H,1-5H3,(H,27,28). The van der Waals surface area contributed by atoms with E-state index in [1.54, 1.807) is 46.8 Å². The number of rotatable bonds is 2. The highest BCUT2D eigenvalue weighted by Gasteiger charge is 2.26. The number of hydrogen-bond donors (Lipinski definition) is 1. The summed E-state index contributed by atoms with van der Waals surface area (Å²) >= 11 is 0. The molecule has 0 unspecified atom stereocenters. The van der Waals surface area contributed by atoms with Crippen LogP contribution in [0.15, 0.2) is 29.2 Å². The Kier molecular flexibility index (Phi) is 4.57. The molecule has 28 heavy (non-hydrogen) atoms. The second-order valence-electron chi connectivity index (χ2n) is 7.80. The van der Waals surface area contributed by atoms with Gasteiger partial charge in [-0.15, -0.1) is 0 Å². The van der Waals surface area contributed by atoms with Crippen LogP contribution in [0.4, 0.5) is 8.78 Å². The molecule has 0 saturated heterocycles. The van der Waals surface area contributed by atoms with Crippen molar-refractivity contribution in [3.63, 3.8) is 0 Å². The van der Waals surface area contributed by atoms with Gasteiger partial charge in [0, 0.05) is 23.1 Å². The van der Waals surface area contributed by atoms with E-state index in [-0.39, 0.29) is 16.5 Å². The average molecular weight is 386 g/mol. The summed E-state index contributed by atoms with van der Waals surface area (Å²) in [4.78, 5) is 28.3. The van der Waals surface area contributed by atoms with Crippen LogP contribution in [-0.4, -0.2) is 20.6 Å². The summed E-state index contributed by atoms with van der Waals surface area (Å²) in [6, 6.07) is 4.03. The number of nitrogens with zero attached hydrogens (tertiary/aromatic N) is 2. The number of aryl methyl sites for hydroxylation is 2. The normalized spacial score (nSPS) is 11.8. The zero-order chi connectivity index (χ0) is 21.0. The van der Waals surface area contributed by atoms with E-state index < -0.39 is 34.1 Å². The number of aromatic nitrogens is 2. The summed E-state index contributed by atoms with van der Waals surface area (Å²) in [5.74, 6) is -3.30. The molecule has 0 aliphatic carbocycles. The van der Waals surface area contributed by atoms with Crippen molar-refractivity contribution in [1.29, 1.82) is 0 Å². The molecule has 0 bridgehead atoms. The first-order valence-corrected chi connectivity index (χ1v) is 8.68. The summed E-state index contributed by atoms with van der Waals surface area (Å²) in [7, 11) is 0. The zero-order valence-corrected chi connectivity index (χ0v) is 16.2. The number of carboxylic acids is 1. The fraction of sp³-hybridized carbons (Fsp3) is 0.286. The topological polar surface area (TPSA) is 72.2 Å². The lowest BCUT2D eigenvalue weighted by atomic mass is 9.98. The summed E-state index contributed by atoms with van der Waals surface area (Å²) in [5.41, 5.74) is -1.12. The molecule has 0 saturated carbocycles. The Morgan fingerprint density at radius 3 is 2.18 bits per heavy atom. The highest BCUT2D eigenvalue weighted by Crippen LogP contribution is 2.33. The van der Waals surface area contributed by atoms with Crippen molar-refractivity contribution in [3.8, 4) is 11.1 Å². The highest BCUT2D eigenvalue weighted by molar-refractivity contribution is 5.94. The first kappa shape index (κ1) is 19.7. The summed E-state index contributed by atoms with van der Waals surface area (Å²) in [6.07, 6.45) is 1.11. The Morgan fingerprint density at radius 1 is 1.11 bits per heavy atom. The monoisotopic (exact) mass is 386 g/mol. The average Bonchev–Trinajstić information content (AvgIpc) is 2.53. The Hall–Kier alpha value is -3.09. The Labute approximate surface area is 160 Å². The third-order valence-corrected chi connectivity index (χ3v) is 4.50. The first-order valence-electron chi connectivity index (χ1n) is 8.68.